The van der Waals surface area contributed by atoms with Gasteiger partial charge in [-0.3, -0.25) is 15.0 Å². The zero-order valence-corrected chi connectivity index (χ0v) is 12.3. The lowest BCUT2D eigenvalue weighted by atomic mass is 10.3. The summed E-state index contributed by atoms with van der Waals surface area (Å²) in [5, 5.41) is 10.8. The number of aromatic nitrogens is 4. The summed E-state index contributed by atoms with van der Waals surface area (Å²) in [5.74, 6) is 0.977. The molecule has 106 valence electrons. The minimum absolute atomic E-state index is 0.0600. The van der Waals surface area contributed by atoms with Crippen LogP contribution in [0.3, 0.4) is 0 Å². The zero-order chi connectivity index (χ0) is 14.1. The maximum atomic E-state index is 11.9. The molecule has 3 heterocycles. The van der Waals surface area contributed by atoms with Crippen molar-refractivity contribution < 1.29 is 4.79 Å². The number of rotatable bonds is 3. The second-order valence-corrected chi connectivity index (χ2v) is 5.69. The molecule has 0 spiro atoms. The highest BCUT2D eigenvalue weighted by molar-refractivity contribution is 7.13. The van der Waals surface area contributed by atoms with Gasteiger partial charge < -0.3 is 4.57 Å². The van der Waals surface area contributed by atoms with Gasteiger partial charge in [0.2, 0.25) is 11.0 Å². The molecule has 0 unspecified atom stereocenters. The Labute approximate surface area is 120 Å². The summed E-state index contributed by atoms with van der Waals surface area (Å²) in [6, 6.07) is 0. The fourth-order valence-electron chi connectivity index (χ4n) is 2.39. The van der Waals surface area contributed by atoms with Gasteiger partial charge in [0.15, 0.2) is 0 Å². The van der Waals surface area contributed by atoms with Crippen molar-refractivity contribution in [3.05, 3.63) is 22.7 Å². The Morgan fingerprint density at radius 2 is 2.30 bits per heavy atom. The van der Waals surface area contributed by atoms with Crippen molar-refractivity contribution in [1.29, 1.82) is 0 Å². The van der Waals surface area contributed by atoms with E-state index in [4.69, 9.17) is 0 Å². The van der Waals surface area contributed by atoms with Gasteiger partial charge in [0, 0.05) is 18.8 Å². The molecule has 0 atom stereocenters. The van der Waals surface area contributed by atoms with Crippen molar-refractivity contribution in [2.75, 3.05) is 18.4 Å². The van der Waals surface area contributed by atoms with Crippen LogP contribution in [0.2, 0.25) is 0 Å². The van der Waals surface area contributed by atoms with Crippen molar-refractivity contribution in [3.8, 4) is 0 Å². The molecule has 0 radical (unpaired) electrons. The Hall–Kier alpha value is -1.80. The van der Waals surface area contributed by atoms with E-state index in [1.165, 1.54) is 17.0 Å². The summed E-state index contributed by atoms with van der Waals surface area (Å²) < 4.78 is 2.23. The number of anilines is 1. The van der Waals surface area contributed by atoms with Crippen LogP contribution in [0.1, 0.15) is 17.2 Å². The first kappa shape index (κ1) is 13.2. The molecule has 0 saturated carbocycles. The molecule has 1 aliphatic heterocycles. The highest BCUT2D eigenvalue weighted by Gasteiger charge is 2.22. The highest BCUT2D eigenvalue weighted by atomic mass is 32.1. The number of imidazole rings is 1. The minimum atomic E-state index is -0.0600. The lowest BCUT2D eigenvalue weighted by Gasteiger charge is -2.27. The number of carbonyl (C=O) groups excluding carboxylic acids is 1. The van der Waals surface area contributed by atoms with E-state index in [-0.39, 0.29) is 5.91 Å². The molecular weight excluding hydrogens is 276 g/mol. The van der Waals surface area contributed by atoms with E-state index in [9.17, 15) is 4.79 Å². The summed E-state index contributed by atoms with van der Waals surface area (Å²) in [4.78, 5) is 18.6. The fourth-order valence-corrected chi connectivity index (χ4v) is 2.85. The largest absolute Gasteiger partial charge is 0.330 e. The van der Waals surface area contributed by atoms with E-state index >= 15 is 0 Å². The van der Waals surface area contributed by atoms with Crippen LogP contribution in [0.25, 0.3) is 0 Å². The smallest absolute Gasteiger partial charge is 0.240 e. The monoisotopic (exact) mass is 292 g/mol. The Balaban J connectivity index is 1.61. The number of carbonyl (C=O) groups is 1. The van der Waals surface area contributed by atoms with Gasteiger partial charge in [0.05, 0.1) is 18.8 Å². The van der Waals surface area contributed by atoms with Gasteiger partial charge in [-0.2, -0.15) is 0 Å². The molecule has 2 aromatic rings. The molecular formula is C12H16N6OS. The molecule has 3 rings (SSSR count). The number of fused-ring (bicyclic) bond motifs is 1. The summed E-state index contributed by atoms with van der Waals surface area (Å²) >= 11 is 1.32. The van der Waals surface area contributed by atoms with Gasteiger partial charge in [-0.25, -0.2) is 4.98 Å². The minimum Gasteiger partial charge on any atom is -0.330 e. The molecule has 0 fully saturated rings. The average Bonchev–Trinajstić information content (AvgIpc) is 2.99. The first-order valence-electron chi connectivity index (χ1n) is 6.44. The third kappa shape index (κ3) is 2.56. The first-order chi connectivity index (χ1) is 9.63. The molecule has 0 aliphatic carbocycles. The molecule has 7 nitrogen and oxygen atoms in total. The molecule has 8 heteroatoms. The molecule has 2 aromatic heterocycles. The summed E-state index contributed by atoms with van der Waals surface area (Å²) in [7, 11) is 0. The van der Waals surface area contributed by atoms with Crippen LogP contribution in [0, 0.1) is 13.8 Å². The van der Waals surface area contributed by atoms with Crippen molar-refractivity contribution in [2.24, 2.45) is 0 Å². The van der Waals surface area contributed by atoms with Crippen LogP contribution in [0.15, 0.2) is 5.51 Å². The van der Waals surface area contributed by atoms with Gasteiger partial charge in [-0.15, -0.1) is 10.2 Å². The standard InChI is InChI=1S/C12H16N6OS/c1-8-9(2)18-4-3-17(5-10(18)14-8)6-11(19)15-12-16-13-7-20-12/h7H,3-6H2,1-2H3,(H,15,16,19). The lowest BCUT2D eigenvalue weighted by Crippen LogP contribution is -2.39. The van der Waals surface area contributed by atoms with Crippen molar-refractivity contribution in [1.82, 2.24) is 24.6 Å². The van der Waals surface area contributed by atoms with Gasteiger partial charge in [0.25, 0.3) is 0 Å². The van der Waals surface area contributed by atoms with Crippen LogP contribution in [-0.4, -0.2) is 43.6 Å². The maximum absolute atomic E-state index is 11.9. The second-order valence-electron chi connectivity index (χ2n) is 4.85. The van der Waals surface area contributed by atoms with E-state index < -0.39 is 0 Å². The number of nitrogens with one attached hydrogen (secondary N) is 1. The van der Waals surface area contributed by atoms with Gasteiger partial charge in [-0.1, -0.05) is 11.3 Å². The number of hydrogen-bond donors (Lipinski definition) is 1. The van der Waals surface area contributed by atoms with Gasteiger partial charge in [-0.05, 0) is 13.8 Å². The second kappa shape index (κ2) is 5.29. The zero-order valence-electron chi connectivity index (χ0n) is 11.5. The SMILES string of the molecule is Cc1nc2n(c1C)CCN(CC(=O)Nc1nncs1)C2. The average molecular weight is 292 g/mol. The van der Waals surface area contributed by atoms with Crippen molar-refractivity contribution >= 4 is 22.4 Å². The lowest BCUT2D eigenvalue weighted by molar-refractivity contribution is -0.117. The molecule has 20 heavy (non-hydrogen) atoms. The van der Waals surface area contributed by atoms with Crippen LogP contribution in [-0.2, 0) is 17.9 Å². The topological polar surface area (TPSA) is 75.9 Å². The Bertz CT molecular complexity index is 620. The molecule has 0 bridgehead atoms. The highest BCUT2D eigenvalue weighted by Crippen LogP contribution is 2.17. The number of hydrogen-bond acceptors (Lipinski definition) is 6. The Morgan fingerprint density at radius 1 is 1.45 bits per heavy atom. The van der Waals surface area contributed by atoms with Gasteiger partial charge in [0.1, 0.15) is 11.3 Å². The Morgan fingerprint density at radius 3 is 3.05 bits per heavy atom. The van der Waals surface area contributed by atoms with Crippen LogP contribution in [0.5, 0.6) is 0 Å². The number of nitrogens with zero attached hydrogens (tertiary/aromatic N) is 5. The normalized spacial score (nSPS) is 15.1. The van der Waals surface area contributed by atoms with Crippen molar-refractivity contribution in [2.45, 2.75) is 26.9 Å². The van der Waals surface area contributed by atoms with Gasteiger partial charge >= 0.3 is 0 Å². The molecule has 0 saturated heterocycles. The van der Waals surface area contributed by atoms with E-state index in [0.717, 1.165) is 24.6 Å². The van der Waals surface area contributed by atoms with Crippen LogP contribution in [0.4, 0.5) is 5.13 Å². The van der Waals surface area contributed by atoms with Crippen molar-refractivity contribution in [3.63, 3.8) is 0 Å². The Kier molecular flexibility index (Phi) is 3.49. The first-order valence-corrected chi connectivity index (χ1v) is 7.32. The number of amides is 1. The van der Waals surface area contributed by atoms with E-state index in [1.54, 1.807) is 5.51 Å². The molecule has 0 aromatic carbocycles. The molecule has 1 aliphatic rings. The summed E-state index contributed by atoms with van der Waals surface area (Å²) in [6.45, 7) is 6.90. The third-order valence-corrected chi connectivity index (χ3v) is 4.12. The van der Waals surface area contributed by atoms with Crippen LogP contribution < -0.4 is 5.32 Å². The third-order valence-electron chi connectivity index (χ3n) is 3.52. The molecule has 1 amide bonds. The quantitative estimate of drug-likeness (QED) is 0.906. The summed E-state index contributed by atoms with van der Waals surface area (Å²) in [6.07, 6.45) is 0. The molecule has 1 N–H and O–H groups in total. The fraction of sp³-hybridized carbons (Fsp3) is 0.500. The van der Waals surface area contributed by atoms with Crippen LogP contribution >= 0.6 is 11.3 Å². The van der Waals surface area contributed by atoms with E-state index in [0.29, 0.717) is 18.2 Å². The number of aryl methyl sites for hydroxylation is 1. The maximum Gasteiger partial charge on any atom is 0.240 e. The predicted molar refractivity (Wildman–Crippen MR) is 75.5 cm³/mol. The summed E-state index contributed by atoms with van der Waals surface area (Å²) in [5.41, 5.74) is 3.89. The van der Waals surface area contributed by atoms with E-state index in [2.05, 4.69) is 36.9 Å². The van der Waals surface area contributed by atoms with E-state index in [1.807, 2.05) is 6.92 Å². The predicted octanol–water partition coefficient (Wildman–Crippen LogP) is 0.806.